The molecule has 2 aromatic heterocycles. The van der Waals surface area contributed by atoms with Crippen LogP contribution in [0.2, 0.25) is 0 Å². The van der Waals surface area contributed by atoms with Crippen LogP contribution in [0.4, 0.5) is 10.1 Å². The lowest BCUT2D eigenvalue weighted by atomic mass is 10.2. The number of pyridine rings is 1. The zero-order valence-corrected chi connectivity index (χ0v) is 18.9. The van der Waals surface area contributed by atoms with Gasteiger partial charge in [0.15, 0.2) is 10.8 Å². The average molecular weight is 465 g/mol. The van der Waals surface area contributed by atoms with Crippen molar-refractivity contribution in [2.45, 2.75) is 18.6 Å². The molecule has 0 aliphatic rings. The van der Waals surface area contributed by atoms with Crippen LogP contribution in [0.3, 0.4) is 0 Å². The van der Waals surface area contributed by atoms with Crippen LogP contribution in [0.1, 0.15) is 11.1 Å². The lowest BCUT2D eigenvalue weighted by molar-refractivity contribution is -0.113. The van der Waals surface area contributed by atoms with Gasteiger partial charge >= 0.3 is 0 Å². The minimum absolute atomic E-state index is 0.0110. The second-order valence-corrected chi connectivity index (χ2v) is 8.25. The Kier molecular flexibility index (Phi) is 6.69. The number of carbonyl (C=O) groups is 1. The van der Waals surface area contributed by atoms with Crippen molar-refractivity contribution in [3.05, 3.63) is 88.1 Å². The van der Waals surface area contributed by atoms with Crippen molar-refractivity contribution >= 4 is 34.4 Å². The Labute approximate surface area is 193 Å². The number of amides is 1. The van der Waals surface area contributed by atoms with E-state index in [1.54, 1.807) is 44.5 Å². The summed E-state index contributed by atoms with van der Waals surface area (Å²) in [6.07, 6.45) is 1.57. The van der Waals surface area contributed by atoms with Crippen molar-refractivity contribution in [2.24, 2.45) is 0 Å². The van der Waals surface area contributed by atoms with E-state index in [2.05, 4.69) is 15.3 Å². The number of halogens is 1. The standard InChI is InChI=1S/C24H21FN4O3S/c1-15-5-8-17(12-20(15)25)27-21(30)14-33-24-28-22-19(4-3-11-26-22)23(31)29(24)13-16-6-9-18(32-2)10-7-16/h3-12H,13-14H2,1-2H3,(H,27,30). The third kappa shape index (κ3) is 5.20. The van der Waals surface area contributed by atoms with Crippen LogP contribution in [-0.4, -0.2) is 33.3 Å². The first-order chi connectivity index (χ1) is 15.9. The predicted octanol–water partition coefficient (Wildman–Crippen LogP) is 4.03. The summed E-state index contributed by atoms with van der Waals surface area (Å²) in [6, 6.07) is 15.2. The van der Waals surface area contributed by atoms with Gasteiger partial charge in [-0.15, -0.1) is 0 Å². The summed E-state index contributed by atoms with van der Waals surface area (Å²) in [5, 5.41) is 3.44. The summed E-state index contributed by atoms with van der Waals surface area (Å²) < 4.78 is 20.5. The van der Waals surface area contributed by atoms with Gasteiger partial charge in [-0.2, -0.15) is 0 Å². The summed E-state index contributed by atoms with van der Waals surface area (Å²) in [5.74, 6) is -0.0282. The Morgan fingerprint density at radius 3 is 2.70 bits per heavy atom. The number of fused-ring (bicyclic) bond motifs is 1. The van der Waals surface area contributed by atoms with Crippen molar-refractivity contribution in [1.29, 1.82) is 0 Å². The molecule has 33 heavy (non-hydrogen) atoms. The summed E-state index contributed by atoms with van der Waals surface area (Å²) >= 11 is 1.12. The number of ether oxygens (including phenoxy) is 1. The summed E-state index contributed by atoms with van der Waals surface area (Å²) in [6.45, 7) is 1.92. The summed E-state index contributed by atoms with van der Waals surface area (Å²) in [7, 11) is 1.59. The van der Waals surface area contributed by atoms with E-state index in [4.69, 9.17) is 4.74 Å². The lowest BCUT2D eigenvalue weighted by Gasteiger charge is -2.13. The van der Waals surface area contributed by atoms with E-state index in [9.17, 15) is 14.0 Å². The highest BCUT2D eigenvalue weighted by Crippen LogP contribution is 2.20. The van der Waals surface area contributed by atoms with Crippen LogP contribution in [0.15, 0.2) is 70.7 Å². The van der Waals surface area contributed by atoms with E-state index in [0.717, 1.165) is 17.3 Å². The van der Waals surface area contributed by atoms with Gasteiger partial charge in [-0.3, -0.25) is 14.2 Å². The number of thioether (sulfide) groups is 1. The molecule has 1 N–H and O–H groups in total. The zero-order valence-electron chi connectivity index (χ0n) is 18.0. The van der Waals surface area contributed by atoms with Gasteiger partial charge < -0.3 is 10.1 Å². The molecule has 4 rings (SSSR count). The van der Waals surface area contributed by atoms with Crippen molar-refractivity contribution in [2.75, 3.05) is 18.2 Å². The number of nitrogens with zero attached hydrogens (tertiary/aromatic N) is 3. The molecule has 0 fully saturated rings. The number of aryl methyl sites for hydroxylation is 1. The zero-order chi connectivity index (χ0) is 23.4. The molecule has 2 aromatic carbocycles. The molecule has 2 heterocycles. The number of nitrogens with one attached hydrogen (secondary N) is 1. The molecular formula is C24H21FN4O3S. The molecule has 0 bridgehead atoms. The van der Waals surface area contributed by atoms with Crippen LogP contribution in [0.25, 0.3) is 11.0 Å². The van der Waals surface area contributed by atoms with E-state index in [1.807, 2.05) is 24.3 Å². The maximum Gasteiger partial charge on any atom is 0.263 e. The predicted molar refractivity (Wildman–Crippen MR) is 126 cm³/mol. The minimum Gasteiger partial charge on any atom is -0.497 e. The molecule has 0 unspecified atom stereocenters. The summed E-state index contributed by atoms with van der Waals surface area (Å²) in [5.41, 5.74) is 1.82. The summed E-state index contributed by atoms with van der Waals surface area (Å²) in [4.78, 5) is 34.4. The van der Waals surface area contributed by atoms with Crippen LogP contribution >= 0.6 is 11.8 Å². The Morgan fingerprint density at radius 1 is 1.18 bits per heavy atom. The molecule has 4 aromatic rings. The molecule has 168 valence electrons. The molecule has 9 heteroatoms. The maximum absolute atomic E-state index is 13.8. The molecule has 1 amide bonds. The lowest BCUT2D eigenvalue weighted by Crippen LogP contribution is -2.25. The fraction of sp³-hybridized carbons (Fsp3) is 0.167. The van der Waals surface area contributed by atoms with Crippen LogP contribution in [0, 0.1) is 12.7 Å². The highest BCUT2D eigenvalue weighted by Gasteiger charge is 2.15. The van der Waals surface area contributed by atoms with Crippen LogP contribution in [-0.2, 0) is 11.3 Å². The number of methoxy groups -OCH3 is 1. The first kappa shape index (κ1) is 22.5. The quantitative estimate of drug-likeness (QED) is 0.328. The number of hydrogen-bond acceptors (Lipinski definition) is 6. The van der Waals surface area contributed by atoms with Gasteiger partial charge in [0, 0.05) is 11.9 Å². The van der Waals surface area contributed by atoms with Crippen molar-refractivity contribution in [3.63, 3.8) is 0 Å². The van der Waals surface area contributed by atoms with Gasteiger partial charge in [-0.05, 0) is 54.4 Å². The molecular weight excluding hydrogens is 443 g/mol. The highest BCUT2D eigenvalue weighted by atomic mass is 32.2. The Hall–Kier alpha value is -3.72. The topological polar surface area (TPSA) is 86.1 Å². The second-order valence-electron chi connectivity index (χ2n) is 7.31. The van der Waals surface area contributed by atoms with E-state index in [1.165, 1.54) is 10.6 Å². The first-order valence-corrected chi connectivity index (χ1v) is 11.1. The van der Waals surface area contributed by atoms with Gasteiger partial charge in [0.2, 0.25) is 5.91 Å². The van der Waals surface area contributed by atoms with E-state index >= 15 is 0 Å². The minimum atomic E-state index is -0.393. The van der Waals surface area contributed by atoms with Crippen LogP contribution in [0.5, 0.6) is 5.75 Å². The molecule has 0 aliphatic heterocycles. The fourth-order valence-electron chi connectivity index (χ4n) is 3.20. The first-order valence-electron chi connectivity index (χ1n) is 10.1. The van der Waals surface area contributed by atoms with Crippen LogP contribution < -0.4 is 15.6 Å². The third-order valence-electron chi connectivity index (χ3n) is 4.98. The van der Waals surface area contributed by atoms with Crippen molar-refractivity contribution < 1.29 is 13.9 Å². The highest BCUT2D eigenvalue weighted by molar-refractivity contribution is 7.99. The number of rotatable bonds is 7. The van der Waals surface area contributed by atoms with Gasteiger partial charge in [-0.25, -0.2) is 14.4 Å². The molecule has 0 spiro atoms. The average Bonchev–Trinajstić information content (AvgIpc) is 2.82. The second kappa shape index (κ2) is 9.83. The van der Waals surface area contributed by atoms with Crippen molar-refractivity contribution in [1.82, 2.24) is 14.5 Å². The largest absolute Gasteiger partial charge is 0.497 e. The van der Waals surface area contributed by atoms with Gasteiger partial charge in [-0.1, -0.05) is 30.0 Å². The Bertz CT molecular complexity index is 1370. The van der Waals surface area contributed by atoms with E-state index in [-0.39, 0.29) is 23.8 Å². The number of anilines is 1. The number of hydrogen-bond donors (Lipinski definition) is 1. The number of aromatic nitrogens is 3. The molecule has 0 saturated heterocycles. The fourth-order valence-corrected chi connectivity index (χ4v) is 3.98. The normalized spacial score (nSPS) is 10.9. The Balaban J connectivity index is 1.59. The van der Waals surface area contributed by atoms with Crippen molar-refractivity contribution in [3.8, 4) is 5.75 Å². The molecule has 0 saturated carbocycles. The maximum atomic E-state index is 13.8. The van der Waals surface area contributed by atoms with Gasteiger partial charge in [0.1, 0.15) is 11.6 Å². The van der Waals surface area contributed by atoms with Gasteiger partial charge in [0.05, 0.1) is 24.8 Å². The Morgan fingerprint density at radius 2 is 1.97 bits per heavy atom. The van der Waals surface area contributed by atoms with Gasteiger partial charge in [0.25, 0.3) is 5.56 Å². The van der Waals surface area contributed by atoms with E-state index < -0.39 is 5.82 Å². The monoisotopic (exact) mass is 464 g/mol. The van der Waals surface area contributed by atoms with E-state index in [0.29, 0.717) is 33.2 Å². The third-order valence-corrected chi connectivity index (χ3v) is 5.96. The number of carbonyl (C=O) groups excluding carboxylic acids is 1. The molecule has 0 radical (unpaired) electrons. The number of benzene rings is 2. The molecule has 7 nitrogen and oxygen atoms in total. The molecule has 0 aliphatic carbocycles. The molecule has 0 atom stereocenters. The smallest absolute Gasteiger partial charge is 0.263 e. The SMILES string of the molecule is COc1ccc(Cn2c(SCC(=O)Nc3ccc(C)c(F)c3)nc3ncccc3c2=O)cc1.